The van der Waals surface area contributed by atoms with Crippen LogP contribution in [-0.4, -0.2) is 22.5 Å². The molecular formula is C18H16FN3O6. The van der Waals surface area contributed by atoms with E-state index in [9.17, 15) is 24.1 Å². The van der Waals surface area contributed by atoms with Gasteiger partial charge >= 0.3 is 5.76 Å². The molecule has 1 heterocycles. The Bertz CT molecular complexity index is 1120. The summed E-state index contributed by atoms with van der Waals surface area (Å²) in [5.74, 6) is -1.78. The number of amides is 1. The van der Waals surface area contributed by atoms with Crippen molar-refractivity contribution in [3.8, 4) is 5.75 Å². The molecule has 1 atom stereocenters. The summed E-state index contributed by atoms with van der Waals surface area (Å²) in [6.45, 7) is 1.31. The molecule has 3 aromatic rings. The van der Waals surface area contributed by atoms with Gasteiger partial charge in [-0.1, -0.05) is 6.07 Å². The number of hydrogen-bond acceptors (Lipinski definition) is 6. The van der Waals surface area contributed by atoms with Crippen LogP contribution in [-0.2, 0) is 11.3 Å². The zero-order valence-corrected chi connectivity index (χ0v) is 15.0. The molecule has 9 nitrogen and oxygen atoms in total. The zero-order chi connectivity index (χ0) is 20.4. The first-order chi connectivity index (χ1) is 13.3. The molecular weight excluding hydrogens is 373 g/mol. The molecule has 1 amide bonds. The summed E-state index contributed by atoms with van der Waals surface area (Å²) in [6.07, 6.45) is 0. The van der Waals surface area contributed by atoms with Gasteiger partial charge in [0.05, 0.1) is 29.7 Å². The van der Waals surface area contributed by atoms with Crippen LogP contribution in [0.25, 0.3) is 11.1 Å². The van der Waals surface area contributed by atoms with Crippen LogP contribution in [0.3, 0.4) is 0 Å². The van der Waals surface area contributed by atoms with Crippen LogP contribution < -0.4 is 15.8 Å². The number of nitro benzene ring substituents is 1. The highest BCUT2D eigenvalue weighted by atomic mass is 19.1. The maximum absolute atomic E-state index is 13.8. The standard InChI is InChI=1S/C18H16FN3O6/c1-10(11-3-6-15(27-2)13(19)7-11)20-17(23)9-21-14-5-4-12(22(25)26)8-16(14)28-18(21)24/h3-8,10H,9H2,1-2H3,(H,20,23)/t10-/m0/s1. The van der Waals surface area contributed by atoms with E-state index < -0.39 is 28.4 Å². The molecule has 0 aliphatic rings. The summed E-state index contributed by atoms with van der Waals surface area (Å²) in [5.41, 5.74) is 0.561. The number of nitrogens with zero attached hydrogens (tertiary/aromatic N) is 2. The maximum atomic E-state index is 13.8. The van der Waals surface area contributed by atoms with Gasteiger partial charge in [0.1, 0.15) is 6.54 Å². The fourth-order valence-electron chi connectivity index (χ4n) is 2.78. The average Bonchev–Trinajstić information content (AvgIpc) is 2.96. The fraction of sp³-hybridized carbons (Fsp3) is 0.222. The van der Waals surface area contributed by atoms with E-state index in [1.165, 1.54) is 31.4 Å². The number of benzene rings is 2. The molecule has 3 rings (SSSR count). The van der Waals surface area contributed by atoms with E-state index in [2.05, 4.69) is 5.32 Å². The maximum Gasteiger partial charge on any atom is 0.420 e. The predicted molar refractivity (Wildman–Crippen MR) is 96.6 cm³/mol. The number of ether oxygens (including phenoxy) is 1. The molecule has 28 heavy (non-hydrogen) atoms. The number of hydrogen-bond donors (Lipinski definition) is 1. The Balaban J connectivity index is 1.77. The van der Waals surface area contributed by atoms with Crippen LogP contribution in [0.1, 0.15) is 18.5 Å². The van der Waals surface area contributed by atoms with Gasteiger partial charge in [-0.15, -0.1) is 0 Å². The lowest BCUT2D eigenvalue weighted by molar-refractivity contribution is -0.384. The molecule has 10 heteroatoms. The second kappa shape index (κ2) is 7.51. The summed E-state index contributed by atoms with van der Waals surface area (Å²) >= 11 is 0. The Morgan fingerprint density at radius 3 is 2.75 bits per heavy atom. The smallest absolute Gasteiger partial charge is 0.420 e. The Morgan fingerprint density at radius 2 is 2.11 bits per heavy atom. The van der Waals surface area contributed by atoms with Crippen LogP contribution in [0.4, 0.5) is 10.1 Å². The number of fused-ring (bicyclic) bond motifs is 1. The van der Waals surface area contributed by atoms with Crippen molar-refractivity contribution < 1.29 is 23.3 Å². The molecule has 2 aromatic carbocycles. The molecule has 0 bridgehead atoms. The van der Waals surface area contributed by atoms with Crippen LogP contribution in [0.15, 0.2) is 45.6 Å². The number of nitrogens with one attached hydrogen (secondary N) is 1. The highest BCUT2D eigenvalue weighted by Gasteiger charge is 2.18. The van der Waals surface area contributed by atoms with Crippen molar-refractivity contribution in [2.75, 3.05) is 7.11 Å². The largest absolute Gasteiger partial charge is 0.494 e. The molecule has 0 aliphatic heterocycles. The van der Waals surface area contributed by atoms with Crippen molar-refractivity contribution in [2.45, 2.75) is 19.5 Å². The first-order valence-electron chi connectivity index (χ1n) is 8.20. The van der Waals surface area contributed by atoms with Crippen molar-refractivity contribution in [3.05, 3.63) is 68.4 Å². The molecule has 1 aromatic heterocycles. The second-order valence-electron chi connectivity index (χ2n) is 6.05. The number of rotatable bonds is 6. The molecule has 1 N–H and O–H groups in total. The minimum Gasteiger partial charge on any atom is -0.494 e. The molecule has 0 radical (unpaired) electrons. The quantitative estimate of drug-likeness (QED) is 0.511. The summed E-state index contributed by atoms with van der Waals surface area (Å²) < 4.78 is 24.7. The van der Waals surface area contributed by atoms with Gasteiger partial charge in [0.15, 0.2) is 17.1 Å². The van der Waals surface area contributed by atoms with Gasteiger partial charge in [-0.3, -0.25) is 19.5 Å². The van der Waals surface area contributed by atoms with Gasteiger partial charge in [-0.2, -0.15) is 0 Å². The number of methoxy groups -OCH3 is 1. The Hall–Kier alpha value is -3.69. The molecule has 0 aliphatic carbocycles. The Morgan fingerprint density at radius 1 is 1.36 bits per heavy atom. The van der Waals surface area contributed by atoms with E-state index in [-0.39, 0.29) is 29.1 Å². The molecule has 0 saturated carbocycles. The van der Waals surface area contributed by atoms with Gasteiger partial charge in [0, 0.05) is 6.07 Å². The predicted octanol–water partition coefficient (Wildman–Crippen LogP) is 2.53. The highest BCUT2D eigenvalue weighted by Crippen LogP contribution is 2.22. The molecule has 0 saturated heterocycles. The fourth-order valence-corrected chi connectivity index (χ4v) is 2.78. The summed E-state index contributed by atoms with van der Waals surface area (Å²) in [6, 6.07) is 7.47. The Labute approximate surface area is 157 Å². The van der Waals surface area contributed by atoms with Gasteiger partial charge in [-0.25, -0.2) is 9.18 Å². The first-order valence-corrected chi connectivity index (χ1v) is 8.20. The van der Waals surface area contributed by atoms with Gasteiger partial charge < -0.3 is 14.5 Å². The topological polar surface area (TPSA) is 117 Å². The van der Waals surface area contributed by atoms with Crippen molar-refractivity contribution in [3.63, 3.8) is 0 Å². The van der Waals surface area contributed by atoms with Crippen molar-refractivity contribution in [1.82, 2.24) is 9.88 Å². The molecule has 146 valence electrons. The third-order valence-electron chi connectivity index (χ3n) is 4.22. The van der Waals surface area contributed by atoms with E-state index >= 15 is 0 Å². The number of oxazole rings is 1. The van der Waals surface area contributed by atoms with Gasteiger partial charge in [0.2, 0.25) is 5.91 Å². The van der Waals surface area contributed by atoms with Crippen LogP contribution >= 0.6 is 0 Å². The van der Waals surface area contributed by atoms with Crippen molar-refractivity contribution >= 4 is 22.7 Å². The second-order valence-corrected chi connectivity index (χ2v) is 6.05. The number of carbonyl (C=O) groups is 1. The van der Waals surface area contributed by atoms with E-state index in [0.717, 1.165) is 10.6 Å². The third-order valence-corrected chi connectivity index (χ3v) is 4.22. The first kappa shape index (κ1) is 19.1. The summed E-state index contributed by atoms with van der Waals surface area (Å²) in [4.78, 5) is 34.5. The molecule has 0 unspecified atom stereocenters. The zero-order valence-electron chi connectivity index (χ0n) is 15.0. The monoisotopic (exact) mass is 389 g/mol. The minimum atomic E-state index is -0.811. The average molecular weight is 389 g/mol. The normalized spacial score (nSPS) is 12.0. The van der Waals surface area contributed by atoms with Crippen molar-refractivity contribution in [2.24, 2.45) is 0 Å². The van der Waals surface area contributed by atoms with Crippen LogP contribution in [0, 0.1) is 15.9 Å². The summed E-state index contributed by atoms with van der Waals surface area (Å²) in [7, 11) is 1.35. The number of aromatic nitrogens is 1. The van der Waals surface area contributed by atoms with Crippen molar-refractivity contribution in [1.29, 1.82) is 0 Å². The SMILES string of the molecule is COc1ccc([C@H](C)NC(=O)Cn2c(=O)oc3cc([N+](=O)[O-])ccc32)cc1F. The molecule has 0 fully saturated rings. The highest BCUT2D eigenvalue weighted by molar-refractivity contribution is 5.80. The van der Waals surface area contributed by atoms with Crippen LogP contribution in [0.2, 0.25) is 0 Å². The lowest BCUT2D eigenvalue weighted by atomic mass is 10.1. The Kier molecular flexibility index (Phi) is 5.12. The number of carbonyl (C=O) groups excluding carboxylic acids is 1. The van der Waals surface area contributed by atoms with Gasteiger partial charge in [-0.05, 0) is 30.7 Å². The van der Waals surface area contributed by atoms with E-state index in [0.29, 0.717) is 5.56 Å². The van der Waals surface area contributed by atoms with E-state index in [1.807, 2.05) is 0 Å². The third kappa shape index (κ3) is 3.70. The number of halogens is 1. The lowest BCUT2D eigenvalue weighted by Gasteiger charge is -2.15. The molecule has 0 spiro atoms. The minimum absolute atomic E-state index is 0.0114. The number of non-ortho nitro benzene ring substituents is 1. The van der Waals surface area contributed by atoms with Crippen LogP contribution in [0.5, 0.6) is 5.75 Å². The summed E-state index contributed by atoms with van der Waals surface area (Å²) in [5, 5.41) is 13.5. The van der Waals surface area contributed by atoms with E-state index in [4.69, 9.17) is 9.15 Å². The number of nitro groups is 1. The lowest BCUT2D eigenvalue weighted by Crippen LogP contribution is -2.32. The van der Waals surface area contributed by atoms with Gasteiger partial charge in [0.25, 0.3) is 5.69 Å². The van der Waals surface area contributed by atoms with E-state index in [1.54, 1.807) is 13.0 Å².